The molecule has 0 saturated carbocycles. The van der Waals surface area contributed by atoms with Crippen LogP contribution in [-0.4, -0.2) is 39.4 Å². The van der Waals surface area contributed by atoms with E-state index in [2.05, 4.69) is 41.5 Å². The second-order valence-corrected chi connectivity index (χ2v) is 6.91. The minimum absolute atomic E-state index is 0.508. The molecule has 0 amide bonds. The topological polar surface area (TPSA) is 114 Å². The molecule has 0 atom stereocenters. The Bertz CT molecular complexity index is 1350. The Morgan fingerprint density at radius 3 is 2.00 bits per heavy atom. The molecule has 8 heteroatoms. The van der Waals surface area contributed by atoms with Crippen molar-refractivity contribution in [3.05, 3.63) is 108 Å². The van der Waals surface area contributed by atoms with E-state index in [0.29, 0.717) is 34.4 Å². The van der Waals surface area contributed by atoms with Crippen molar-refractivity contribution in [1.29, 1.82) is 0 Å². The predicted molar refractivity (Wildman–Crippen MR) is 145 cm³/mol. The van der Waals surface area contributed by atoms with Gasteiger partial charge in [-0.05, 0) is 56.3 Å². The molecule has 0 unspecified atom stereocenters. The van der Waals surface area contributed by atoms with Crippen LogP contribution in [0, 0.1) is 0 Å². The van der Waals surface area contributed by atoms with Crippen molar-refractivity contribution in [3.8, 4) is 0 Å². The number of rotatable bonds is 9. The van der Waals surface area contributed by atoms with E-state index in [4.69, 9.17) is 5.73 Å². The van der Waals surface area contributed by atoms with E-state index in [9.17, 15) is 0 Å². The Morgan fingerprint density at radius 1 is 0.829 bits per heavy atom. The van der Waals surface area contributed by atoms with E-state index in [1.165, 1.54) is 12.5 Å². The van der Waals surface area contributed by atoms with Crippen LogP contribution in [0.15, 0.2) is 106 Å². The van der Waals surface area contributed by atoms with Gasteiger partial charge in [-0.1, -0.05) is 36.9 Å². The molecule has 0 radical (unpaired) electrons. The van der Waals surface area contributed by atoms with E-state index in [0.717, 1.165) is 11.4 Å². The van der Waals surface area contributed by atoms with E-state index in [-0.39, 0.29) is 0 Å². The molecule has 35 heavy (non-hydrogen) atoms. The van der Waals surface area contributed by atoms with Crippen LogP contribution in [0.5, 0.6) is 0 Å². The van der Waals surface area contributed by atoms with Gasteiger partial charge in [0.05, 0.1) is 53.0 Å². The average molecular weight is 463 g/mol. The summed E-state index contributed by atoms with van der Waals surface area (Å²) in [6.07, 6.45) is 11.7. The fourth-order valence-corrected chi connectivity index (χ4v) is 2.97. The number of aliphatic imine (C=N–C) groups is 4. The highest BCUT2D eigenvalue weighted by Gasteiger charge is 2.03. The van der Waals surface area contributed by atoms with E-state index < -0.39 is 0 Å². The molecule has 0 spiro atoms. The van der Waals surface area contributed by atoms with Crippen molar-refractivity contribution in [2.45, 2.75) is 13.8 Å². The normalized spacial score (nSPS) is 13.0. The molecule has 0 aromatic carbocycles. The number of hydrogen-bond acceptors (Lipinski definition) is 7. The summed E-state index contributed by atoms with van der Waals surface area (Å²) in [5.41, 5.74) is 9.60. The molecule has 3 heterocycles. The zero-order chi connectivity index (χ0) is 24.9. The first-order valence-electron chi connectivity index (χ1n) is 10.9. The van der Waals surface area contributed by atoms with E-state index in [1.54, 1.807) is 24.6 Å². The Labute approximate surface area is 204 Å². The van der Waals surface area contributed by atoms with Gasteiger partial charge in [-0.3, -0.25) is 4.99 Å². The summed E-state index contributed by atoms with van der Waals surface area (Å²) < 4.78 is 0. The molecule has 0 saturated heterocycles. The first-order valence-corrected chi connectivity index (χ1v) is 10.9. The summed E-state index contributed by atoms with van der Waals surface area (Å²) in [5, 5.41) is 0. The Hall–Kier alpha value is -4.85. The molecular weight excluding hydrogens is 436 g/mol. The van der Waals surface area contributed by atoms with Gasteiger partial charge in [-0.2, -0.15) is 0 Å². The van der Waals surface area contributed by atoms with Crippen LogP contribution >= 0.6 is 0 Å². The number of hydrogen-bond donors (Lipinski definition) is 1. The van der Waals surface area contributed by atoms with Crippen molar-refractivity contribution in [3.63, 3.8) is 0 Å². The zero-order valence-electron chi connectivity index (χ0n) is 19.7. The average Bonchev–Trinajstić information content (AvgIpc) is 2.90. The minimum atomic E-state index is 0.508. The lowest BCUT2D eigenvalue weighted by Gasteiger charge is -2.02. The van der Waals surface area contributed by atoms with E-state index in [1.807, 2.05) is 74.5 Å². The summed E-state index contributed by atoms with van der Waals surface area (Å²) in [4.78, 5) is 30.9. The van der Waals surface area contributed by atoms with Crippen LogP contribution < -0.4 is 5.73 Å². The fraction of sp³-hybridized carbons (Fsp3) is 0.0741. The van der Waals surface area contributed by atoms with Crippen molar-refractivity contribution < 1.29 is 0 Å². The Morgan fingerprint density at radius 2 is 1.43 bits per heavy atom. The van der Waals surface area contributed by atoms with Crippen molar-refractivity contribution in [2.75, 3.05) is 0 Å². The van der Waals surface area contributed by atoms with Gasteiger partial charge in [-0.15, -0.1) is 0 Å². The van der Waals surface area contributed by atoms with E-state index >= 15 is 0 Å². The maximum atomic E-state index is 5.41. The molecule has 0 aliphatic heterocycles. The van der Waals surface area contributed by atoms with Crippen LogP contribution in [0.1, 0.15) is 36.6 Å². The third-order valence-electron chi connectivity index (χ3n) is 4.49. The summed E-state index contributed by atoms with van der Waals surface area (Å²) in [6.45, 7) is 7.46. The summed E-state index contributed by atoms with van der Waals surface area (Å²) >= 11 is 0. The molecule has 174 valence electrons. The summed E-state index contributed by atoms with van der Waals surface area (Å²) in [7, 11) is 0. The lowest BCUT2D eigenvalue weighted by Crippen LogP contribution is -2.02. The standard InChI is InChI=1S/C27H26N8/c1-4-10-23(29-6-3)25-14-8-12-21(34-25)18-31-27-16-9-15-26(35-27)30-17-20-11-7-13-24(33-20)22(5-2)32-19-28/h4-19H,3H2,1-2H3,(H2,28,32)/b10-4-,22-5-,29-23?,30-17?,31-18+. The first kappa shape index (κ1) is 24.8. The van der Waals surface area contributed by atoms with Crippen LogP contribution in [0.4, 0.5) is 11.6 Å². The van der Waals surface area contributed by atoms with Crippen LogP contribution in [-0.2, 0) is 0 Å². The quantitative estimate of drug-likeness (QED) is 0.346. The van der Waals surface area contributed by atoms with Crippen LogP contribution in [0.3, 0.4) is 0 Å². The lowest BCUT2D eigenvalue weighted by molar-refractivity contribution is 1.21. The highest BCUT2D eigenvalue weighted by atomic mass is 15.0. The summed E-state index contributed by atoms with van der Waals surface area (Å²) in [5.74, 6) is 1.02. The number of aromatic nitrogens is 3. The predicted octanol–water partition coefficient (Wildman–Crippen LogP) is 5.23. The van der Waals surface area contributed by atoms with Crippen molar-refractivity contribution in [2.24, 2.45) is 25.7 Å². The monoisotopic (exact) mass is 462 g/mol. The molecule has 2 N–H and O–H groups in total. The zero-order valence-corrected chi connectivity index (χ0v) is 19.7. The molecule has 3 rings (SSSR count). The molecule has 3 aromatic rings. The van der Waals surface area contributed by atoms with Crippen molar-refractivity contribution in [1.82, 2.24) is 15.0 Å². The van der Waals surface area contributed by atoms with Gasteiger partial charge >= 0.3 is 0 Å². The minimum Gasteiger partial charge on any atom is -0.390 e. The number of nitrogens with zero attached hydrogens (tertiary/aromatic N) is 7. The second-order valence-electron chi connectivity index (χ2n) is 6.91. The number of nitrogens with two attached hydrogens (primary N) is 1. The van der Waals surface area contributed by atoms with Gasteiger partial charge in [0.2, 0.25) is 0 Å². The number of allylic oxidation sites excluding steroid dienone is 3. The SMILES string of the molecule is C=CN=C(/C=C\C)c1cccc(/C=N/c2cccc(N=Cc3cccc(/C(=C/C)N=CN)n3)n2)n1. The highest BCUT2D eigenvalue weighted by Crippen LogP contribution is 2.16. The highest BCUT2D eigenvalue weighted by molar-refractivity contribution is 6.07. The molecule has 0 bridgehead atoms. The van der Waals surface area contributed by atoms with Gasteiger partial charge in [0, 0.05) is 6.20 Å². The van der Waals surface area contributed by atoms with Crippen LogP contribution in [0.25, 0.3) is 5.70 Å². The lowest BCUT2D eigenvalue weighted by atomic mass is 10.2. The maximum absolute atomic E-state index is 5.41. The smallest absolute Gasteiger partial charge is 0.154 e. The Balaban J connectivity index is 1.78. The number of pyridine rings is 3. The largest absolute Gasteiger partial charge is 0.390 e. The van der Waals surface area contributed by atoms with Crippen molar-refractivity contribution >= 4 is 41.8 Å². The third-order valence-corrected chi connectivity index (χ3v) is 4.49. The maximum Gasteiger partial charge on any atom is 0.154 e. The van der Waals surface area contributed by atoms with Gasteiger partial charge < -0.3 is 5.73 Å². The Kier molecular flexibility index (Phi) is 9.21. The van der Waals surface area contributed by atoms with Gasteiger partial charge in [0.15, 0.2) is 11.6 Å². The van der Waals surface area contributed by atoms with Crippen LogP contribution in [0.2, 0.25) is 0 Å². The molecule has 3 aromatic heterocycles. The van der Waals surface area contributed by atoms with Gasteiger partial charge in [0.1, 0.15) is 0 Å². The van der Waals surface area contributed by atoms with Gasteiger partial charge in [0.25, 0.3) is 0 Å². The van der Waals surface area contributed by atoms with Gasteiger partial charge in [-0.25, -0.2) is 29.9 Å². The first-order chi connectivity index (χ1) is 17.2. The molecule has 8 nitrogen and oxygen atoms in total. The second kappa shape index (κ2) is 13.0. The molecular formula is C27H26N8. The molecule has 0 aliphatic carbocycles. The fourth-order valence-electron chi connectivity index (χ4n) is 2.97. The molecule has 0 aliphatic rings. The third kappa shape index (κ3) is 7.33. The molecule has 0 fully saturated rings. The summed E-state index contributed by atoms with van der Waals surface area (Å²) in [6, 6.07) is 16.7.